The van der Waals surface area contributed by atoms with Crippen molar-refractivity contribution in [2.75, 3.05) is 0 Å². The molecule has 0 fully saturated rings. The van der Waals surface area contributed by atoms with Gasteiger partial charge in [-0.3, -0.25) is 0 Å². The molecule has 5 nitrogen and oxygen atoms in total. The van der Waals surface area contributed by atoms with Crippen molar-refractivity contribution in [2.45, 2.75) is 18.8 Å². The molecule has 0 N–H and O–H groups in total. The Morgan fingerprint density at radius 1 is 0.374 bits per heavy atom. The van der Waals surface area contributed by atoms with Crippen LogP contribution in [0.25, 0.3) is 149 Å². The molecule has 12 aromatic carbocycles. The maximum atomic E-state index is 16.2. The van der Waals surface area contributed by atoms with E-state index in [1.165, 1.54) is 0 Å². The summed E-state index contributed by atoms with van der Waals surface area (Å²) in [4.78, 5) is 0. The highest BCUT2D eigenvalue weighted by Crippen LogP contribution is 2.54. The van der Waals surface area contributed by atoms with Crippen LogP contribution in [0.2, 0.25) is 0 Å². The minimum Gasteiger partial charge on any atom is -0.306 e. The molecule has 0 unspecified atom stereocenters. The predicted octanol–water partition coefficient (Wildman–Crippen LogP) is 22.2. The number of benzene rings is 12. The summed E-state index contributed by atoms with van der Waals surface area (Å²) in [6, 6.07) is 71.7. The first kappa shape index (κ1) is 53.6. The van der Waals surface area contributed by atoms with Gasteiger partial charge in [0.2, 0.25) is 0 Å². The topological polar surface area (TPSA) is 43.5 Å². The lowest BCUT2D eigenvalue weighted by atomic mass is 9.91. The van der Waals surface area contributed by atoms with E-state index in [0.717, 1.165) is 87.7 Å². The van der Waals surface area contributed by atoms with Gasteiger partial charge in [-0.1, -0.05) is 201 Å². The van der Waals surface area contributed by atoms with Crippen LogP contribution < -0.4 is 0 Å². The average molecular weight is 1190 g/mol. The molecular weight excluding hydrogens is 1140 g/mol. The number of rotatable bonds is 5. The summed E-state index contributed by atoms with van der Waals surface area (Å²) in [5, 5.41) is 24.2. The highest BCUT2D eigenvalue weighted by atomic mass is 19.4. The fraction of sp³-hybridized carbons (Fsp3) is 0.0375. The Kier molecular flexibility index (Phi) is 11.8. The number of allylic oxidation sites excluding steroid dienone is 6. The maximum absolute atomic E-state index is 16.2. The van der Waals surface area contributed by atoms with E-state index in [-0.39, 0.29) is 39.9 Å². The molecule has 4 heterocycles. The van der Waals surface area contributed by atoms with Crippen molar-refractivity contribution in [3.05, 3.63) is 295 Å². The third-order valence-corrected chi connectivity index (χ3v) is 18.3. The number of aromatic nitrogens is 4. The highest BCUT2D eigenvalue weighted by Gasteiger charge is 2.41. The summed E-state index contributed by atoms with van der Waals surface area (Å²) in [5.41, 5.74) is 3.82. The Morgan fingerprint density at radius 3 is 1.20 bits per heavy atom. The molecule has 1 aliphatic carbocycles. The quantitative estimate of drug-likeness (QED) is 0.158. The minimum atomic E-state index is -5.28. The molecule has 0 saturated heterocycles. The van der Waals surface area contributed by atoms with Crippen molar-refractivity contribution in [3.63, 3.8) is 0 Å². The van der Waals surface area contributed by atoms with Crippen molar-refractivity contribution in [1.82, 2.24) is 18.3 Å². The van der Waals surface area contributed by atoms with Crippen molar-refractivity contribution in [2.24, 2.45) is 0 Å². The Balaban J connectivity index is 1.25. The van der Waals surface area contributed by atoms with Crippen LogP contribution in [0.5, 0.6) is 0 Å². The fourth-order valence-electron chi connectivity index (χ4n) is 14.6. The van der Waals surface area contributed by atoms with Crippen LogP contribution in [-0.2, 0) is 18.8 Å². The summed E-state index contributed by atoms with van der Waals surface area (Å²) in [6.07, 6.45) is 1.48. The van der Waals surface area contributed by atoms with Crippen LogP contribution in [0.15, 0.2) is 267 Å². The predicted molar refractivity (Wildman–Crippen MR) is 359 cm³/mol. The van der Waals surface area contributed by atoms with E-state index in [9.17, 15) is 5.26 Å². The van der Waals surface area contributed by atoms with Crippen LogP contribution in [0.3, 0.4) is 0 Å². The van der Waals surface area contributed by atoms with Crippen molar-refractivity contribution in [1.29, 1.82) is 5.26 Å². The number of alkyl halides is 6. The maximum Gasteiger partial charge on any atom is 0.416 e. The van der Waals surface area contributed by atoms with Gasteiger partial charge in [0.15, 0.2) is 0 Å². The van der Waals surface area contributed by atoms with Crippen molar-refractivity contribution < 1.29 is 26.3 Å². The van der Waals surface area contributed by atoms with Gasteiger partial charge >= 0.3 is 12.4 Å². The lowest BCUT2D eigenvalue weighted by Crippen LogP contribution is -2.18. The van der Waals surface area contributed by atoms with E-state index in [1.807, 2.05) is 261 Å². The first-order valence-electron chi connectivity index (χ1n) is 29.9. The zero-order valence-corrected chi connectivity index (χ0v) is 48.2. The minimum absolute atomic E-state index is 0.0124. The van der Waals surface area contributed by atoms with Crippen LogP contribution in [0.4, 0.5) is 26.3 Å². The third-order valence-electron chi connectivity index (χ3n) is 18.3. The van der Waals surface area contributed by atoms with E-state index in [1.54, 1.807) is 0 Å². The molecule has 16 aromatic rings. The fourth-order valence-corrected chi connectivity index (χ4v) is 14.6. The standard InChI is InChI=1S/C80H47F6N5/c1-47-19-3-2-4-26-58-57-27-11-15-31-63(57)88(67(58)39-35-47)75-62(46-87)76(89-64-32-16-12-28-59(64)72-54-23-8-5-20-48(54)36-40-68(72)89)78(91-66-34-18-14-30-61(66)74-56-25-10-7-22-50(56)38-42-70(74)91)71(51-43-52(79(81,82)83)45-53(44-51)80(84,85)86)77(75)90-65-33-17-13-29-60(65)73-55-24-9-6-21-49(55)37-41-69(73)90/h2-25,27-45H,1,26H2/b4-2-,19-3-,39-35-. The molecule has 91 heavy (non-hydrogen) atoms. The second-order valence-electron chi connectivity index (χ2n) is 23.3. The van der Waals surface area contributed by atoms with Gasteiger partial charge in [0.1, 0.15) is 11.6 Å². The largest absolute Gasteiger partial charge is 0.416 e. The summed E-state index contributed by atoms with van der Waals surface area (Å²) in [5.74, 6) is 0. The summed E-state index contributed by atoms with van der Waals surface area (Å²) in [6.45, 7) is 4.39. The molecule has 0 amide bonds. The summed E-state index contributed by atoms with van der Waals surface area (Å²) < 4.78 is 105. The number of fused-ring (bicyclic) bond motifs is 18. The number of hydrogen-bond acceptors (Lipinski definition) is 1. The molecule has 0 atom stereocenters. The Morgan fingerprint density at radius 2 is 0.758 bits per heavy atom. The number of nitrogens with zero attached hydrogens (tertiary/aromatic N) is 5. The average Bonchev–Trinajstić information content (AvgIpc) is 1.59. The monoisotopic (exact) mass is 1190 g/mol. The van der Waals surface area contributed by atoms with Crippen LogP contribution in [-0.4, -0.2) is 18.3 Å². The second-order valence-corrected chi connectivity index (χ2v) is 23.3. The molecule has 4 aromatic heterocycles. The van der Waals surface area contributed by atoms with Gasteiger partial charge in [0.25, 0.3) is 0 Å². The number of para-hydroxylation sites is 4. The lowest BCUT2D eigenvalue weighted by molar-refractivity contribution is -0.143. The summed E-state index contributed by atoms with van der Waals surface area (Å²) >= 11 is 0. The lowest BCUT2D eigenvalue weighted by Gasteiger charge is -2.30. The Labute approximate surface area is 515 Å². The van der Waals surface area contributed by atoms with Gasteiger partial charge in [-0.25, -0.2) is 0 Å². The normalized spacial score (nSPS) is 14.3. The number of halogens is 6. The van der Waals surface area contributed by atoms with E-state index in [0.29, 0.717) is 56.3 Å². The molecule has 0 bridgehead atoms. The van der Waals surface area contributed by atoms with E-state index < -0.39 is 29.0 Å². The molecule has 17 rings (SSSR count). The zero-order valence-electron chi connectivity index (χ0n) is 48.2. The molecule has 0 aliphatic heterocycles. The van der Waals surface area contributed by atoms with Gasteiger partial charge in [-0.15, -0.1) is 0 Å². The van der Waals surface area contributed by atoms with Gasteiger partial charge in [0, 0.05) is 43.3 Å². The van der Waals surface area contributed by atoms with Crippen LogP contribution >= 0.6 is 0 Å². The number of nitriles is 1. The van der Waals surface area contributed by atoms with E-state index >= 15 is 26.3 Å². The van der Waals surface area contributed by atoms with Crippen molar-refractivity contribution in [3.8, 4) is 39.9 Å². The van der Waals surface area contributed by atoms with Crippen molar-refractivity contribution >= 4 is 115 Å². The Bertz CT molecular complexity index is 5970. The SMILES string of the molecule is C=C1/C=C\C=C/Cc2c(n(-c3c(C#N)c(-n4c5ccccc5c5c6ccccc6ccc54)c(-n4c5ccccc5c5c6ccccc6ccc54)c(-c4cc(C(F)(F)F)cc(C(F)(F)F)c4)c3-n3c4ccccc4c4c5ccccc5ccc43)c3ccccc23)/C=C\1. The zero-order chi connectivity index (χ0) is 61.6. The van der Waals surface area contributed by atoms with Crippen LogP contribution in [0.1, 0.15) is 27.9 Å². The molecule has 0 radical (unpaired) electrons. The third kappa shape index (κ3) is 7.98. The van der Waals surface area contributed by atoms with Gasteiger partial charge in [-0.2, -0.15) is 31.6 Å². The van der Waals surface area contributed by atoms with E-state index in [2.05, 4.69) is 12.6 Å². The smallest absolute Gasteiger partial charge is 0.306 e. The Hall–Kier alpha value is -11.6. The van der Waals surface area contributed by atoms with Gasteiger partial charge in [0.05, 0.1) is 78.2 Å². The van der Waals surface area contributed by atoms with E-state index in [4.69, 9.17) is 0 Å². The first-order valence-corrected chi connectivity index (χ1v) is 29.9. The molecule has 0 spiro atoms. The molecule has 1 aliphatic rings. The second kappa shape index (κ2) is 20.0. The van der Waals surface area contributed by atoms with Gasteiger partial charge in [-0.05, 0) is 122 Å². The molecule has 11 heteroatoms. The summed E-state index contributed by atoms with van der Waals surface area (Å²) in [7, 11) is 0. The molecule has 434 valence electrons. The number of hydrogen-bond donors (Lipinski definition) is 0. The van der Waals surface area contributed by atoms with Gasteiger partial charge < -0.3 is 18.3 Å². The highest BCUT2D eigenvalue weighted by molar-refractivity contribution is 6.25. The molecule has 0 saturated carbocycles. The first-order chi connectivity index (χ1) is 44.4. The molecular formula is C80H47F6N5. The van der Waals surface area contributed by atoms with Crippen LogP contribution in [0, 0.1) is 11.3 Å².